The second kappa shape index (κ2) is 7.36. The van der Waals surface area contributed by atoms with Crippen molar-refractivity contribution in [2.45, 2.75) is 0 Å². The maximum Gasteiger partial charge on any atom is 0.347 e. The van der Waals surface area contributed by atoms with Gasteiger partial charge in [-0.05, 0) is 17.4 Å². The molecule has 0 fully saturated rings. The maximum atomic E-state index is 11.9. The third-order valence-corrected chi connectivity index (χ3v) is 3.49. The van der Waals surface area contributed by atoms with Crippen molar-refractivity contribution in [3.63, 3.8) is 0 Å². The molecule has 23 heavy (non-hydrogen) atoms. The van der Waals surface area contributed by atoms with E-state index in [4.69, 9.17) is 14.2 Å². The Labute approximate surface area is 135 Å². The van der Waals surface area contributed by atoms with Crippen LogP contribution in [0, 0.1) is 10.1 Å². The van der Waals surface area contributed by atoms with Gasteiger partial charge in [-0.15, -0.1) is 0 Å². The molecule has 0 amide bonds. The quantitative estimate of drug-likeness (QED) is 0.263. The first-order valence-electron chi connectivity index (χ1n) is 6.25. The van der Waals surface area contributed by atoms with E-state index in [-0.39, 0.29) is 15.8 Å². The predicted octanol–water partition coefficient (Wildman–Crippen LogP) is 3.00. The highest BCUT2D eigenvalue weighted by molar-refractivity contribution is 7.16. The van der Waals surface area contributed by atoms with Crippen LogP contribution in [-0.2, 0) is 14.3 Å². The number of nitro groups is 1. The van der Waals surface area contributed by atoms with E-state index >= 15 is 0 Å². The summed E-state index contributed by atoms with van der Waals surface area (Å²) in [5.41, 5.74) is 0.565. The van der Waals surface area contributed by atoms with Crippen LogP contribution in [-0.4, -0.2) is 30.1 Å². The van der Waals surface area contributed by atoms with Gasteiger partial charge in [0.05, 0.1) is 25.4 Å². The van der Waals surface area contributed by atoms with E-state index in [2.05, 4.69) is 4.98 Å². The number of benzene rings is 1. The number of thiazole rings is 1. The molecule has 1 aromatic carbocycles. The zero-order chi connectivity index (χ0) is 16.8. The van der Waals surface area contributed by atoms with Crippen molar-refractivity contribution in [3.8, 4) is 10.9 Å². The maximum absolute atomic E-state index is 11.9. The van der Waals surface area contributed by atoms with E-state index in [9.17, 15) is 14.9 Å². The van der Waals surface area contributed by atoms with Crippen LogP contribution in [0.4, 0.5) is 5.00 Å². The Balaban J connectivity index is 2.38. The summed E-state index contributed by atoms with van der Waals surface area (Å²) < 4.78 is 15.2. The zero-order valence-electron chi connectivity index (χ0n) is 12.2. The van der Waals surface area contributed by atoms with Crippen LogP contribution in [0.3, 0.4) is 0 Å². The number of ether oxygens (including phenoxy) is 3. The first-order valence-corrected chi connectivity index (χ1v) is 7.07. The Morgan fingerprint density at radius 2 is 2.09 bits per heavy atom. The number of carbonyl (C=O) groups is 1. The molecule has 0 aliphatic heterocycles. The molecule has 0 aliphatic rings. The summed E-state index contributed by atoms with van der Waals surface area (Å²) in [6.07, 6.45) is 2.34. The Morgan fingerprint density at radius 1 is 1.35 bits per heavy atom. The van der Waals surface area contributed by atoms with Crippen molar-refractivity contribution in [2.24, 2.45) is 0 Å². The first kappa shape index (κ1) is 16.4. The molecular weight excluding hydrogens is 324 g/mol. The Kier molecular flexibility index (Phi) is 5.26. The summed E-state index contributed by atoms with van der Waals surface area (Å²) in [6.45, 7) is 0. The number of rotatable bonds is 6. The molecule has 0 bridgehead atoms. The van der Waals surface area contributed by atoms with Gasteiger partial charge < -0.3 is 14.2 Å². The minimum Gasteiger partial charge on any atom is -0.503 e. The van der Waals surface area contributed by atoms with Gasteiger partial charge in [0, 0.05) is 5.56 Å². The van der Waals surface area contributed by atoms with Crippen LogP contribution in [0.15, 0.2) is 36.7 Å². The van der Waals surface area contributed by atoms with E-state index in [0.29, 0.717) is 11.3 Å². The topological polar surface area (TPSA) is 101 Å². The monoisotopic (exact) mass is 336 g/mol. The minimum atomic E-state index is -0.604. The summed E-state index contributed by atoms with van der Waals surface area (Å²) in [5, 5.41) is 10.6. The van der Waals surface area contributed by atoms with Crippen LogP contribution >= 0.6 is 11.3 Å². The standard InChI is InChI=1S/C14H12N2O6S/c1-20-8-10(13(17)21-2)9-5-3-4-6-11(9)22-14-15-7-12(23-14)16(18)19/h3-8H,1-2H3/b10-8+. The van der Waals surface area contributed by atoms with Crippen molar-refractivity contribution in [2.75, 3.05) is 14.2 Å². The summed E-state index contributed by atoms with van der Waals surface area (Å²) in [5.74, 6) is -0.307. The van der Waals surface area contributed by atoms with E-state index in [1.165, 1.54) is 20.5 Å². The lowest BCUT2D eigenvalue weighted by Crippen LogP contribution is -2.05. The highest BCUT2D eigenvalue weighted by atomic mass is 32.1. The van der Waals surface area contributed by atoms with Gasteiger partial charge >= 0.3 is 11.0 Å². The Morgan fingerprint density at radius 3 is 2.70 bits per heavy atom. The lowest BCUT2D eigenvalue weighted by molar-refractivity contribution is -0.380. The van der Waals surface area contributed by atoms with Gasteiger partial charge in [0.25, 0.3) is 5.19 Å². The Hall–Kier alpha value is -2.94. The zero-order valence-corrected chi connectivity index (χ0v) is 13.0. The smallest absolute Gasteiger partial charge is 0.347 e. The molecule has 0 saturated carbocycles. The SMILES string of the molecule is CO/C=C(/C(=O)OC)c1ccccc1Oc1ncc([N+](=O)[O-])s1. The van der Waals surface area contributed by atoms with E-state index in [1.54, 1.807) is 24.3 Å². The fourth-order valence-electron chi connectivity index (χ4n) is 1.70. The molecular formula is C14H12N2O6S. The molecule has 0 radical (unpaired) electrons. The number of para-hydroxylation sites is 1. The molecule has 9 heteroatoms. The molecule has 0 spiro atoms. The largest absolute Gasteiger partial charge is 0.503 e. The van der Waals surface area contributed by atoms with Gasteiger partial charge in [0.1, 0.15) is 17.5 Å². The molecule has 0 aliphatic carbocycles. The van der Waals surface area contributed by atoms with Gasteiger partial charge in [-0.3, -0.25) is 10.1 Å². The van der Waals surface area contributed by atoms with Crippen molar-refractivity contribution < 1.29 is 23.9 Å². The summed E-state index contributed by atoms with van der Waals surface area (Å²) in [4.78, 5) is 25.8. The molecule has 0 saturated heterocycles. The fraction of sp³-hybridized carbons (Fsp3) is 0.143. The highest BCUT2D eigenvalue weighted by Gasteiger charge is 2.20. The normalized spacial score (nSPS) is 11.0. The van der Waals surface area contributed by atoms with E-state index < -0.39 is 10.9 Å². The van der Waals surface area contributed by atoms with Gasteiger partial charge in [-0.2, -0.15) is 0 Å². The fourth-order valence-corrected chi connectivity index (χ4v) is 2.30. The van der Waals surface area contributed by atoms with Crippen molar-refractivity contribution in [1.29, 1.82) is 0 Å². The van der Waals surface area contributed by atoms with Gasteiger partial charge in [-0.25, -0.2) is 9.78 Å². The lowest BCUT2D eigenvalue weighted by Gasteiger charge is -2.10. The lowest BCUT2D eigenvalue weighted by atomic mass is 10.1. The second-order valence-corrected chi connectivity index (χ2v) is 5.05. The minimum absolute atomic E-state index is 0.0887. The van der Waals surface area contributed by atoms with Crippen molar-refractivity contribution >= 4 is 27.9 Å². The number of carbonyl (C=O) groups excluding carboxylic acids is 1. The van der Waals surface area contributed by atoms with Gasteiger partial charge in [0.2, 0.25) is 0 Å². The van der Waals surface area contributed by atoms with Crippen molar-refractivity contribution in [1.82, 2.24) is 4.98 Å². The molecule has 8 nitrogen and oxygen atoms in total. The van der Waals surface area contributed by atoms with Crippen molar-refractivity contribution in [3.05, 3.63) is 52.4 Å². The first-order chi connectivity index (χ1) is 11.1. The number of hydrogen-bond acceptors (Lipinski definition) is 8. The molecule has 1 heterocycles. The van der Waals surface area contributed by atoms with Gasteiger partial charge in [-0.1, -0.05) is 18.2 Å². The number of hydrogen-bond donors (Lipinski definition) is 0. The average Bonchev–Trinajstić information content (AvgIpc) is 3.01. The molecule has 2 rings (SSSR count). The molecule has 0 unspecified atom stereocenters. The van der Waals surface area contributed by atoms with Crippen LogP contribution in [0.5, 0.6) is 10.9 Å². The number of esters is 1. The van der Waals surface area contributed by atoms with Crippen LogP contribution < -0.4 is 4.74 Å². The summed E-state index contributed by atoms with van der Waals surface area (Å²) in [6, 6.07) is 6.65. The number of methoxy groups -OCH3 is 2. The number of nitrogens with zero attached hydrogens (tertiary/aromatic N) is 2. The molecule has 120 valence electrons. The van der Waals surface area contributed by atoms with Crippen LogP contribution in [0.2, 0.25) is 0 Å². The van der Waals surface area contributed by atoms with Crippen LogP contribution in [0.25, 0.3) is 5.57 Å². The third-order valence-electron chi connectivity index (χ3n) is 2.67. The Bertz CT molecular complexity index is 755. The highest BCUT2D eigenvalue weighted by Crippen LogP contribution is 2.34. The summed E-state index contributed by atoms with van der Waals surface area (Å²) in [7, 11) is 2.65. The molecule has 0 atom stereocenters. The van der Waals surface area contributed by atoms with E-state index in [0.717, 1.165) is 17.5 Å². The molecule has 2 aromatic rings. The molecule has 1 aromatic heterocycles. The number of aromatic nitrogens is 1. The van der Waals surface area contributed by atoms with E-state index in [1.807, 2.05) is 0 Å². The third kappa shape index (κ3) is 3.83. The second-order valence-electron chi connectivity index (χ2n) is 4.08. The van der Waals surface area contributed by atoms with Crippen LogP contribution in [0.1, 0.15) is 5.56 Å². The average molecular weight is 336 g/mol. The predicted molar refractivity (Wildman–Crippen MR) is 82.3 cm³/mol. The van der Waals surface area contributed by atoms with Gasteiger partial charge in [0.15, 0.2) is 0 Å². The summed E-state index contributed by atoms with van der Waals surface area (Å²) >= 11 is 0.784. The molecule has 0 N–H and O–H groups in total.